The van der Waals surface area contributed by atoms with Crippen molar-refractivity contribution in [3.63, 3.8) is 0 Å². The van der Waals surface area contributed by atoms with Crippen molar-refractivity contribution in [3.8, 4) is 11.5 Å². The van der Waals surface area contributed by atoms with Crippen molar-refractivity contribution in [2.45, 2.75) is 19.5 Å². The van der Waals surface area contributed by atoms with Gasteiger partial charge < -0.3 is 15.4 Å². The minimum Gasteiger partial charge on any atom is -0.457 e. The van der Waals surface area contributed by atoms with Crippen LogP contribution in [0, 0.1) is 15.9 Å². The number of nitro benzene ring substituents is 1. The highest BCUT2D eigenvalue weighted by molar-refractivity contribution is 5.97. The molecule has 0 bridgehead atoms. The molecule has 164 valence electrons. The number of non-ortho nitro benzene ring substituents is 1. The molecule has 8 nitrogen and oxygen atoms in total. The van der Waals surface area contributed by atoms with Crippen LogP contribution in [0.3, 0.4) is 0 Å². The van der Waals surface area contributed by atoms with E-state index in [1.807, 2.05) is 0 Å². The van der Waals surface area contributed by atoms with E-state index in [1.165, 1.54) is 49.4 Å². The molecule has 0 saturated heterocycles. The van der Waals surface area contributed by atoms with E-state index in [2.05, 4.69) is 10.6 Å². The summed E-state index contributed by atoms with van der Waals surface area (Å²) in [5.41, 5.74) is 0.694. The number of carbonyl (C=O) groups is 2. The van der Waals surface area contributed by atoms with E-state index < -0.39 is 22.8 Å². The van der Waals surface area contributed by atoms with Crippen molar-refractivity contribution >= 4 is 17.5 Å². The maximum atomic E-state index is 12.9. The fourth-order valence-electron chi connectivity index (χ4n) is 2.76. The SMILES string of the molecule is C[C@H](NC(=O)c1cccc([N+](=O)[O-])c1)C(=O)NCc1ccc(Oc2ccc(F)cc2)cc1. The summed E-state index contributed by atoms with van der Waals surface area (Å²) >= 11 is 0. The fraction of sp³-hybridized carbons (Fsp3) is 0.130. The van der Waals surface area contributed by atoms with Gasteiger partial charge >= 0.3 is 0 Å². The summed E-state index contributed by atoms with van der Waals surface area (Å²) < 4.78 is 18.6. The molecular weight excluding hydrogens is 417 g/mol. The zero-order valence-corrected chi connectivity index (χ0v) is 17.1. The third kappa shape index (κ3) is 6.11. The number of amides is 2. The summed E-state index contributed by atoms with van der Waals surface area (Å²) in [6.45, 7) is 1.75. The number of nitrogens with one attached hydrogen (secondary N) is 2. The highest BCUT2D eigenvalue weighted by atomic mass is 19.1. The lowest BCUT2D eigenvalue weighted by Gasteiger charge is -2.14. The average Bonchev–Trinajstić information content (AvgIpc) is 2.79. The molecule has 0 aromatic heterocycles. The molecule has 0 saturated carbocycles. The van der Waals surface area contributed by atoms with Crippen molar-refractivity contribution in [2.24, 2.45) is 0 Å². The summed E-state index contributed by atoms with van der Waals surface area (Å²) in [7, 11) is 0. The highest BCUT2D eigenvalue weighted by Crippen LogP contribution is 2.21. The molecule has 0 aliphatic heterocycles. The first-order valence-corrected chi connectivity index (χ1v) is 9.67. The molecular formula is C23H20FN3O5. The van der Waals surface area contributed by atoms with Gasteiger partial charge in [-0.15, -0.1) is 0 Å². The number of hydrogen-bond acceptors (Lipinski definition) is 5. The lowest BCUT2D eigenvalue weighted by atomic mass is 10.1. The van der Waals surface area contributed by atoms with Gasteiger partial charge in [0.1, 0.15) is 23.4 Å². The smallest absolute Gasteiger partial charge is 0.270 e. The monoisotopic (exact) mass is 437 g/mol. The molecule has 0 heterocycles. The van der Waals surface area contributed by atoms with E-state index in [-0.39, 0.29) is 23.6 Å². The van der Waals surface area contributed by atoms with Gasteiger partial charge in [0.25, 0.3) is 11.6 Å². The zero-order valence-electron chi connectivity index (χ0n) is 17.1. The molecule has 0 spiro atoms. The van der Waals surface area contributed by atoms with E-state index >= 15 is 0 Å². The molecule has 3 aromatic carbocycles. The van der Waals surface area contributed by atoms with Gasteiger partial charge in [-0.05, 0) is 55.0 Å². The lowest BCUT2D eigenvalue weighted by Crippen LogP contribution is -2.44. The molecule has 0 fully saturated rings. The number of benzene rings is 3. The molecule has 0 radical (unpaired) electrons. The van der Waals surface area contributed by atoms with Gasteiger partial charge in [-0.1, -0.05) is 18.2 Å². The zero-order chi connectivity index (χ0) is 23.1. The van der Waals surface area contributed by atoms with Gasteiger partial charge in [0, 0.05) is 24.2 Å². The number of nitro groups is 1. The first-order chi connectivity index (χ1) is 15.3. The summed E-state index contributed by atoms with van der Waals surface area (Å²) in [5, 5.41) is 16.1. The topological polar surface area (TPSA) is 111 Å². The van der Waals surface area contributed by atoms with Gasteiger partial charge in [0.2, 0.25) is 5.91 Å². The predicted molar refractivity (Wildman–Crippen MR) is 115 cm³/mol. The third-order valence-electron chi connectivity index (χ3n) is 4.50. The van der Waals surface area contributed by atoms with Crippen LogP contribution in [-0.4, -0.2) is 22.8 Å². The Bertz CT molecular complexity index is 1120. The van der Waals surface area contributed by atoms with Crippen molar-refractivity contribution in [1.29, 1.82) is 0 Å². The molecule has 9 heteroatoms. The molecule has 0 unspecified atom stereocenters. The third-order valence-corrected chi connectivity index (χ3v) is 4.50. The first kappa shape index (κ1) is 22.4. The summed E-state index contributed by atoms with van der Waals surface area (Å²) in [5.74, 6) is -0.280. The van der Waals surface area contributed by atoms with E-state index in [4.69, 9.17) is 4.74 Å². The second-order valence-electron chi connectivity index (χ2n) is 6.92. The van der Waals surface area contributed by atoms with Crippen LogP contribution in [0.2, 0.25) is 0 Å². The first-order valence-electron chi connectivity index (χ1n) is 9.67. The van der Waals surface area contributed by atoms with Gasteiger partial charge in [0.05, 0.1) is 4.92 Å². The van der Waals surface area contributed by atoms with Crippen molar-refractivity contribution < 1.29 is 23.6 Å². The van der Waals surface area contributed by atoms with Crippen molar-refractivity contribution in [2.75, 3.05) is 0 Å². The van der Waals surface area contributed by atoms with Crippen LogP contribution in [-0.2, 0) is 11.3 Å². The van der Waals surface area contributed by atoms with Crippen LogP contribution in [0.5, 0.6) is 11.5 Å². The Hall–Kier alpha value is -4.27. The Labute approximate surface area is 183 Å². The Morgan fingerprint density at radius 3 is 2.28 bits per heavy atom. The quantitative estimate of drug-likeness (QED) is 0.409. The fourth-order valence-corrected chi connectivity index (χ4v) is 2.76. The Morgan fingerprint density at radius 1 is 1.03 bits per heavy atom. The Balaban J connectivity index is 1.50. The predicted octanol–water partition coefficient (Wildman–Crippen LogP) is 3.96. The highest BCUT2D eigenvalue weighted by Gasteiger charge is 2.18. The number of hydrogen-bond donors (Lipinski definition) is 2. The lowest BCUT2D eigenvalue weighted by molar-refractivity contribution is -0.384. The van der Waals surface area contributed by atoms with Gasteiger partial charge in [-0.2, -0.15) is 0 Å². The second-order valence-corrected chi connectivity index (χ2v) is 6.92. The summed E-state index contributed by atoms with van der Waals surface area (Å²) in [6.07, 6.45) is 0. The molecule has 3 rings (SSSR count). The summed E-state index contributed by atoms with van der Waals surface area (Å²) in [4.78, 5) is 34.8. The number of halogens is 1. The molecule has 1 atom stereocenters. The summed E-state index contributed by atoms with van der Waals surface area (Å²) in [6, 6.07) is 17.1. The van der Waals surface area contributed by atoms with Crippen LogP contribution in [0.1, 0.15) is 22.8 Å². The largest absolute Gasteiger partial charge is 0.457 e. The van der Waals surface area contributed by atoms with Gasteiger partial charge in [0.15, 0.2) is 0 Å². The standard InChI is InChI=1S/C23H20FN3O5/c1-15(26-23(29)17-3-2-4-19(13-17)27(30)31)22(28)25-14-16-5-9-20(10-6-16)32-21-11-7-18(24)8-12-21/h2-13,15H,14H2,1H3,(H,25,28)(H,26,29)/t15-/m0/s1. The van der Waals surface area contributed by atoms with E-state index in [0.29, 0.717) is 11.5 Å². The number of ether oxygens (including phenoxy) is 1. The Kier molecular flexibility index (Phi) is 7.12. The van der Waals surface area contributed by atoms with E-state index in [9.17, 15) is 24.1 Å². The van der Waals surface area contributed by atoms with Gasteiger partial charge in [-0.3, -0.25) is 19.7 Å². The maximum Gasteiger partial charge on any atom is 0.270 e. The van der Waals surface area contributed by atoms with Crippen LogP contribution in [0.4, 0.5) is 10.1 Å². The molecule has 0 aliphatic rings. The van der Waals surface area contributed by atoms with Crippen molar-refractivity contribution in [1.82, 2.24) is 10.6 Å². The molecule has 2 amide bonds. The minimum absolute atomic E-state index is 0.0931. The molecule has 32 heavy (non-hydrogen) atoms. The molecule has 0 aliphatic carbocycles. The normalized spacial score (nSPS) is 11.3. The number of rotatable bonds is 8. The Morgan fingerprint density at radius 2 is 1.66 bits per heavy atom. The molecule has 3 aromatic rings. The average molecular weight is 437 g/mol. The molecule has 2 N–H and O–H groups in total. The second kappa shape index (κ2) is 10.2. The van der Waals surface area contributed by atoms with E-state index in [1.54, 1.807) is 24.3 Å². The number of nitrogens with zero attached hydrogens (tertiary/aromatic N) is 1. The van der Waals surface area contributed by atoms with Crippen molar-refractivity contribution in [3.05, 3.63) is 99.9 Å². The number of carbonyl (C=O) groups excluding carboxylic acids is 2. The van der Waals surface area contributed by atoms with Crippen LogP contribution in [0.15, 0.2) is 72.8 Å². The van der Waals surface area contributed by atoms with Gasteiger partial charge in [-0.25, -0.2) is 4.39 Å². The van der Waals surface area contributed by atoms with Crippen LogP contribution < -0.4 is 15.4 Å². The van der Waals surface area contributed by atoms with Crippen LogP contribution in [0.25, 0.3) is 0 Å². The van der Waals surface area contributed by atoms with Crippen LogP contribution >= 0.6 is 0 Å². The maximum absolute atomic E-state index is 12.9. The minimum atomic E-state index is -0.845. The van der Waals surface area contributed by atoms with E-state index in [0.717, 1.165) is 11.6 Å².